The number of hydrogen-bond donors (Lipinski definition) is 0. The predicted octanol–water partition coefficient (Wildman–Crippen LogP) is 1.26. The molecule has 1 atom stereocenters. The van der Waals surface area contributed by atoms with Gasteiger partial charge in [-0.1, -0.05) is 22.0 Å². The lowest BCUT2D eigenvalue weighted by Gasteiger charge is -2.22. The first-order chi connectivity index (χ1) is 8.72. The van der Waals surface area contributed by atoms with E-state index in [1.165, 1.54) is 23.5 Å². The molecule has 0 radical (unpaired) electrons. The van der Waals surface area contributed by atoms with Crippen molar-refractivity contribution >= 4 is 35.8 Å². The van der Waals surface area contributed by atoms with E-state index in [-0.39, 0.29) is 16.4 Å². The van der Waals surface area contributed by atoms with Crippen LogP contribution in [0.15, 0.2) is 33.6 Å². The van der Waals surface area contributed by atoms with Crippen LogP contribution in [0.25, 0.3) is 0 Å². The quantitative estimate of drug-likeness (QED) is 0.805. The van der Waals surface area contributed by atoms with E-state index >= 15 is 0 Å². The average Bonchev–Trinajstić information content (AvgIpc) is 2.68. The average molecular weight is 368 g/mol. The lowest BCUT2D eigenvalue weighted by Crippen LogP contribution is -2.37. The standard InChI is InChI=1S/C11H14BrNO4S2/c1-13(10-5-6-18(14,15)8-10)19(16,17)11-4-2-3-9(12)7-11/h2-4,7,10H,5-6,8H2,1H3. The Kier molecular flexibility index (Phi) is 4.06. The Morgan fingerprint density at radius 3 is 2.58 bits per heavy atom. The van der Waals surface area contributed by atoms with Crippen LogP contribution in [0.1, 0.15) is 6.42 Å². The van der Waals surface area contributed by atoms with Gasteiger partial charge in [0.15, 0.2) is 9.84 Å². The lowest BCUT2D eigenvalue weighted by atomic mass is 10.3. The molecule has 0 spiro atoms. The van der Waals surface area contributed by atoms with Gasteiger partial charge in [-0.3, -0.25) is 0 Å². The molecule has 0 N–H and O–H groups in total. The molecule has 5 nitrogen and oxygen atoms in total. The molecule has 1 aliphatic heterocycles. The summed E-state index contributed by atoms with van der Waals surface area (Å²) in [6.45, 7) is 0. The molecule has 1 unspecified atom stereocenters. The van der Waals surface area contributed by atoms with Gasteiger partial charge in [0.05, 0.1) is 16.4 Å². The predicted molar refractivity (Wildman–Crippen MR) is 76.1 cm³/mol. The van der Waals surface area contributed by atoms with Gasteiger partial charge in [-0.2, -0.15) is 4.31 Å². The summed E-state index contributed by atoms with van der Waals surface area (Å²) in [6.07, 6.45) is 0.353. The second kappa shape index (κ2) is 5.16. The summed E-state index contributed by atoms with van der Waals surface area (Å²) >= 11 is 3.23. The van der Waals surface area contributed by atoms with Crippen molar-refractivity contribution in [1.82, 2.24) is 4.31 Å². The molecule has 8 heteroatoms. The SMILES string of the molecule is CN(C1CCS(=O)(=O)C1)S(=O)(=O)c1cccc(Br)c1. The maximum Gasteiger partial charge on any atom is 0.243 e. The summed E-state index contributed by atoms with van der Waals surface area (Å²) in [7, 11) is -5.33. The van der Waals surface area contributed by atoms with Crippen molar-refractivity contribution in [2.45, 2.75) is 17.4 Å². The van der Waals surface area contributed by atoms with Crippen LogP contribution in [-0.2, 0) is 19.9 Å². The third-order valence-electron chi connectivity index (χ3n) is 3.20. The highest BCUT2D eigenvalue weighted by Gasteiger charge is 2.36. The molecule has 1 aliphatic rings. The van der Waals surface area contributed by atoms with Crippen molar-refractivity contribution in [2.75, 3.05) is 18.6 Å². The van der Waals surface area contributed by atoms with E-state index in [0.29, 0.717) is 10.9 Å². The van der Waals surface area contributed by atoms with Crippen LogP contribution in [0.4, 0.5) is 0 Å². The fraction of sp³-hybridized carbons (Fsp3) is 0.455. The van der Waals surface area contributed by atoms with Crippen molar-refractivity contribution in [3.05, 3.63) is 28.7 Å². The first kappa shape index (κ1) is 15.0. The van der Waals surface area contributed by atoms with Crippen LogP contribution in [0.5, 0.6) is 0 Å². The molecule has 1 aromatic carbocycles. The van der Waals surface area contributed by atoms with Gasteiger partial charge in [0.25, 0.3) is 0 Å². The monoisotopic (exact) mass is 367 g/mol. The molecule has 1 aromatic rings. The smallest absolute Gasteiger partial charge is 0.229 e. The van der Waals surface area contributed by atoms with E-state index in [9.17, 15) is 16.8 Å². The van der Waals surface area contributed by atoms with Crippen molar-refractivity contribution in [3.8, 4) is 0 Å². The first-order valence-electron chi connectivity index (χ1n) is 5.66. The number of hydrogen-bond acceptors (Lipinski definition) is 4. The van der Waals surface area contributed by atoms with E-state index in [4.69, 9.17) is 0 Å². The normalized spacial score (nSPS) is 22.8. The Balaban J connectivity index is 2.30. The summed E-state index contributed by atoms with van der Waals surface area (Å²) in [5.41, 5.74) is 0. The number of nitrogens with zero attached hydrogens (tertiary/aromatic N) is 1. The van der Waals surface area contributed by atoms with Gasteiger partial charge in [0.1, 0.15) is 0 Å². The summed E-state index contributed by atoms with van der Waals surface area (Å²) < 4.78 is 49.5. The van der Waals surface area contributed by atoms with Crippen molar-refractivity contribution < 1.29 is 16.8 Å². The second-order valence-corrected chi connectivity index (χ2v) is 9.68. The molecule has 0 bridgehead atoms. The Morgan fingerprint density at radius 1 is 1.37 bits per heavy atom. The first-order valence-corrected chi connectivity index (χ1v) is 9.72. The Labute approximate surface area is 121 Å². The molecule has 1 saturated heterocycles. The maximum atomic E-state index is 12.4. The van der Waals surface area contributed by atoms with Crippen LogP contribution < -0.4 is 0 Å². The molecule has 0 aromatic heterocycles. The van der Waals surface area contributed by atoms with E-state index in [0.717, 1.165) is 0 Å². The minimum atomic E-state index is -3.66. The van der Waals surface area contributed by atoms with Gasteiger partial charge in [-0.25, -0.2) is 16.8 Å². The summed E-state index contributed by atoms with van der Waals surface area (Å²) in [5, 5.41) is 0. The van der Waals surface area contributed by atoms with Gasteiger partial charge in [0.2, 0.25) is 10.0 Å². The van der Waals surface area contributed by atoms with E-state index in [1.54, 1.807) is 12.1 Å². The molecule has 0 aliphatic carbocycles. The molecule has 1 heterocycles. The molecule has 106 valence electrons. The number of rotatable bonds is 3. The van der Waals surface area contributed by atoms with Crippen molar-refractivity contribution in [3.63, 3.8) is 0 Å². The number of sulfonamides is 1. The molecule has 0 amide bonds. The minimum absolute atomic E-state index is 0.0516. The van der Waals surface area contributed by atoms with Crippen molar-refractivity contribution in [1.29, 1.82) is 0 Å². The highest BCUT2D eigenvalue weighted by molar-refractivity contribution is 9.10. The highest BCUT2D eigenvalue weighted by atomic mass is 79.9. The highest BCUT2D eigenvalue weighted by Crippen LogP contribution is 2.24. The zero-order valence-corrected chi connectivity index (χ0v) is 13.5. The molecule has 1 fully saturated rings. The maximum absolute atomic E-state index is 12.4. The molecule has 19 heavy (non-hydrogen) atoms. The molecule has 2 rings (SSSR count). The molecule has 0 saturated carbocycles. The van der Waals surface area contributed by atoms with Crippen LogP contribution >= 0.6 is 15.9 Å². The van der Waals surface area contributed by atoms with Crippen molar-refractivity contribution in [2.24, 2.45) is 0 Å². The molecular weight excluding hydrogens is 354 g/mol. The van der Waals surface area contributed by atoms with Crippen LogP contribution in [-0.4, -0.2) is 45.7 Å². The van der Waals surface area contributed by atoms with Crippen LogP contribution in [0, 0.1) is 0 Å². The zero-order valence-electron chi connectivity index (χ0n) is 10.3. The number of halogens is 1. The minimum Gasteiger partial charge on any atom is -0.229 e. The topological polar surface area (TPSA) is 71.5 Å². The van der Waals surface area contributed by atoms with Crippen LogP contribution in [0.3, 0.4) is 0 Å². The van der Waals surface area contributed by atoms with Gasteiger partial charge in [-0.15, -0.1) is 0 Å². The summed E-state index contributed by atoms with van der Waals surface area (Å²) in [6, 6.07) is 5.90. The van der Waals surface area contributed by atoms with Gasteiger partial charge >= 0.3 is 0 Å². The summed E-state index contributed by atoms with van der Waals surface area (Å²) in [5.74, 6) is -0.0489. The third kappa shape index (κ3) is 3.18. The molecular formula is C11H14BrNO4S2. The Hall–Kier alpha value is -0.440. The van der Waals surface area contributed by atoms with E-state index in [1.807, 2.05) is 0 Å². The van der Waals surface area contributed by atoms with Gasteiger partial charge < -0.3 is 0 Å². The fourth-order valence-electron chi connectivity index (χ4n) is 2.05. The fourth-order valence-corrected chi connectivity index (χ4v) is 5.90. The Morgan fingerprint density at radius 2 is 2.05 bits per heavy atom. The number of sulfone groups is 1. The van der Waals surface area contributed by atoms with E-state index < -0.39 is 25.9 Å². The third-order valence-corrected chi connectivity index (χ3v) is 7.35. The van der Waals surface area contributed by atoms with Crippen LogP contribution in [0.2, 0.25) is 0 Å². The van der Waals surface area contributed by atoms with E-state index in [2.05, 4.69) is 15.9 Å². The summed E-state index contributed by atoms with van der Waals surface area (Å²) in [4.78, 5) is 0.161. The Bertz CT molecular complexity index is 684. The zero-order chi connectivity index (χ0) is 14.3. The second-order valence-electron chi connectivity index (χ2n) is 4.54. The largest absolute Gasteiger partial charge is 0.243 e. The van der Waals surface area contributed by atoms with Gasteiger partial charge in [0, 0.05) is 17.6 Å². The van der Waals surface area contributed by atoms with Gasteiger partial charge in [-0.05, 0) is 24.6 Å². The lowest BCUT2D eigenvalue weighted by molar-refractivity contribution is 0.394. The number of benzene rings is 1.